The standard InChI is InChI=1S/C32H37F3N4O4S/c1-2-38-14-12-26-28(38)18-24(19-29(26)39-13-7-15-44(39,42)43)31(41)37-27(17-22-8-4-3-5-9-22)30(40)21-36-20-23-10-6-11-25(16-23)32(33,34)35/h3-6,8-12,14,16,18-19,27,30,36,40,42-43H,2,7,13,15,17,20-21H2,1H3,(H,37,41)/t27-,30+/m0/s1. The molecule has 0 radical (unpaired) electrons. The molecule has 0 spiro atoms. The average molecular weight is 631 g/mol. The Morgan fingerprint density at radius 3 is 2.45 bits per heavy atom. The number of aliphatic hydroxyl groups excluding tert-OH is 1. The number of nitrogens with zero attached hydrogens (tertiary/aromatic N) is 2. The lowest BCUT2D eigenvalue weighted by Crippen LogP contribution is -2.48. The van der Waals surface area contributed by atoms with Crippen molar-refractivity contribution in [2.75, 3.05) is 23.1 Å². The number of carbonyl (C=O) groups is 1. The minimum absolute atomic E-state index is 0.0195. The number of hydrogen-bond donors (Lipinski definition) is 5. The van der Waals surface area contributed by atoms with Crippen LogP contribution in [0.25, 0.3) is 10.9 Å². The summed E-state index contributed by atoms with van der Waals surface area (Å²) in [5.74, 6) is -0.177. The number of nitrogens with one attached hydrogen (secondary N) is 2. The van der Waals surface area contributed by atoms with Gasteiger partial charge in [-0.3, -0.25) is 18.2 Å². The van der Waals surface area contributed by atoms with Gasteiger partial charge < -0.3 is 20.3 Å². The van der Waals surface area contributed by atoms with E-state index in [0.717, 1.165) is 28.6 Å². The van der Waals surface area contributed by atoms with E-state index in [1.165, 1.54) is 6.07 Å². The Labute approximate surface area is 256 Å². The number of aliphatic hydroxyl groups is 1. The molecule has 4 aromatic rings. The third-order valence-corrected chi connectivity index (χ3v) is 9.81. The molecule has 5 N–H and O–H groups in total. The maximum atomic E-state index is 13.8. The summed E-state index contributed by atoms with van der Waals surface area (Å²) >= 11 is 0. The smallest absolute Gasteiger partial charge is 0.390 e. The fourth-order valence-corrected chi connectivity index (χ4v) is 7.22. The molecule has 2 atom stereocenters. The van der Waals surface area contributed by atoms with Crippen molar-refractivity contribution in [1.29, 1.82) is 0 Å². The van der Waals surface area contributed by atoms with Crippen LogP contribution in [-0.2, 0) is 25.7 Å². The molecule has 1 aliphatic rings. The monoisotopic (exact) mass is 630 g/mol. The van der Waals surface area contributed by atoms with Gasteiger partial charge in [0.2, 0.25) is 0 Å². The molecule has 236 valence electrons. The van der Waals surface area contributed by atoms with Crippen LogP contribution < -0.4 is 14.9 Å². The van der Waals surface area contributed by atoms with Gasteiger partial charge in [-0.2, -0.15) is 13.2 Å². The predicted molar refractivity (Wildman–Crippen MR) is 168 cm³/mol. The van der Waals surface area contributed by atoms with E-state index >= 15 is 0 Å². The van der Waals surface area contributed by atoms with Crippen molar-refractivity contribution in [2.24, 2.45) is 0 Å². The first-order valence-electron chi connectivity index (χ1n) is 14.5. The van der Waals surface area contributed by atoms with Gasteiger partial charge >= 0.3 is 6.18 Å². The number of amides is 1. The Hall–Kier alpha value is -3.55. The van der Waals surface area contributed by atoms with Gasteiger partial charge in [-0.15, -0.1) is 10.8 Å². The zero-order chi connectivity index (χ0) is 31.5. The molecule has 0 saturated carbocycles. The molecule has 1 fully saturated rings. The summed E-state index contributed by atoms with van der Waals surface area (Å²) in [6.45, 7) is 3.20. The molecule has 12 heteroatoms. The fraction of sp³-hybridized carbons (Fsp3) is 0.344. The average Bonchev–Trinajstić information content (AvgIpc) is 3.58. The van der Waals surface area contributed by atoms with Crippen LogP contribution in [0.5, 0.6) is 0 Å². The number of rotatable bonds is 11. The number of benzene rings is 3. The highest BCUT2D eigenvalue weighted by Crippen LogP contribution is 2.52. The van der Waals surface area contributed by atoms with Crippen molar-refractivity contribution >= 4 is 33.3 Å². The van der Waals surface area contributed by atoms with E-state index in [-0.39, 0.29) is 18.8 Å². The Morgan fingerprint density at radius 2 is 1.77 bits per heavy atom. The number of hydrogen-bond acceptors (Lipinski definition) is 6. The number of halogens is 3. The molecule has 1 saturated heterocycles. The molecule has 1 aliphatic heterocycles. The molecule has 5 rings (SSSR count). The van der Waals surface area contributed by atoms with Crippen molar-refractivity contribution in [3.63, 3.8) is 0 Å². The zero-order valence-corrected chi connectivity index (χ0v) is 25.1. The highest BCUT2D eigenvalue weighted by atomic mass is 32.3. The number of fused-ring (bicyclic) bond motifs is 1. The highest BCUT2D eigenvalue weighted by molar-refractivity contribution is 8.25. The zero-order valence-electron chi connectivity index (χ0n) is 24.3. The van der Waals surface area contributed by atoms with E-state index in [4.69, 9.17) is 0 Å². The molecule has 2 heterocycles. The maximum absolute atomic E-state index is 13.8. The molecule has 44 heavy (non-hydrogen) atoms. The van der Waals surface area contributed by atoms with Gasteiger partial charge in [0, 0.05) is 43.3 Å². The van der Waals surface area contributed by atoms with E-state index in [2.05, 4.69) is 10.6 Å². The van der Waals surface area contributed by atoms with Crippen LogP contribution in [0.3, 0.4) is 0 Å². The fourth-order valence-electron chi connectivity index (χ4n) is 5.59. The van der Waals surface area contributed by atoms with E-state index in [1.807, 2.05) is 54.1 Å². The predicted octanol–water partition coefficient (Wildman–Crippen LogP) is 6.05. The number of carbonyl (C=O) groups excluding carboxylic acids is 1. The molecule has 8 nitrogen and oxygen atoms in total. The number of alkyl halides is 3. The molecular weight excluding hydrogens is 593 g/mol. The summed E-state index contributed by atoms with van der Waals surface area (Å²) in [5.41, 5.74) is 2.22. The Kier molecular flexibility index (Phi) is 9.56. The van der Waals surface area contributed by atoms with Gasteiger partial charge in [0.05, 0.1) is 34.7 Å². The lowest BCUT2D eigenvalue weighted by molar-refractivity contribution is -0.137. The summed E-state index contributed by atoms with van der Waals surface area (Å²) in [6, 6.07) is 19.0. The molecule has 3 aromatic carbocycles. The largest absolute Gasteiger partial charge is 0.416 e. The Morgan fingerprint density at radius 1 is 1.02 bits per heavy atom. The second kappa shape index (κ2) is 13.2. The van der Waals surface area contributed by atoms with Gasteiger partial charge in [-0.05, 0) is 55.2 Å². The molecule has 0 aliphatic carbocycles. The molecule has 1 amide bonds. The van der Waals surface area contributed by atoms with Crippen LogP contribution in [0, 0.1) is 0 Å². The van der Waals surface area contributed by atoms with Gasteiger partial charge in [-0.25, -0.2) is 0 Å². The normalized spacial score (nSPS) is 17.0. The summed E-state index contributed by atoms with van der Waals surface area (Å²) in [7, 11) is -3.01. The first kappa shape index (κ1) is 31.9. The second-order valence-corrected chi connectivity index (χ2v) is 13.1. The van der Waals surface area contributed by atoms with E-state index < -0.39 is 40.6 Å². The maximum Gasteiger partial charge on any atom is 0.416 e. The van der Waals surface area contributed by atoms with Crippen LogP contribution in [0.4, 0.5) is 18.9 Å². The third-order valence-electron chi connectivity index (χ3n) is 7.89. The van der Waals surface area contributed by atoms with Crippen molar-refractivity contribution in [1.82, 2.24) is 15.2 Å². The number of aryl methyl sites for hydroxylation is 1. The van der Waals surface area contributed by atoms with Gasteiger partial charge in [0.25, 0.3) is 5.91 Å². The molecule has 1 aromatic heterocycles. The molecule has 0 bridgehead atoms. The summed E-state index contributed by atoms with van der Waals surface area (Å²) in [6.07, 6.45) is -2.69. The first-order chi connectivity index (χ1) is 21.0. The Balaban J connectivity index is 1.37. The van der Waals surface area contributed by atoms with Crippen LogP contribution in [0.1, 0.15) is 40.4 Å². The van der Waals surface area contributed by atoms with E-state index in [1.54, 1.807) is 22.5 Å². The van der Waals surface area contributed by atoms with E-state index in [9.17, 15) is 32.2 Å². The lowest BCUT2D eigenvalue weighted by Gasteiger charge is -2.38. The van der Waals surface area contributed by atoms with Gasteiger partial charge in [-0.1, -0.05) is 48.5 Å². The molecule has 0 unspecified atom stereocenters. The highest BCUT2D eigenvalue weighted by Gasteiger charge is 2.32. The summed E-state index contributed by atoms with van der Waals surface area (Å²) < 4.78 is 64.4. The van der Waals surface area contributed by atoms with Crippen molar-refractivity contribution in [3.8, 4) is 0 Å². The SMILES string of the molecule is CCn1ccc2c(N3CCCS3(O)O)cc(C(=O)N[C@@H](Cc3ccccc3)[C@H](O)CNCc3cccc(C(F)(F)F)c3)cc21. The summed E-state index contributed by atoms with van der Waals surface area (Å²) in [5, 5.41) is 18.0. The number of anilines is 1. The lowest BCUT2D eigenvalue weighted by atomic mass is 10.00. The third kappa shape index (κ3) is 7.22. The van der Waals surface area contributed by atoms with Crippen LogP contribution in [0.15, 0.2) is 79.0 Å². The van der Waals surface area contributed by atoms with Crippen LogP contribution in [-0.4, -0.2) is 55.7 Å². The second-order valence-electron chi connectivity index (χ2n) is 11.0. The first-order valence-corrected chi connectivity index (χ1v) is 16.2. The van der Waals surface area contributed by atoms with Crippen LogP contribution in [0.2, 0.25) is 0 Å². The van der Waals surface area contributed by atoms with Gasteiger partial charge in [0.15, 0.2) is 0 Å². The van der Waals surface area contributed by atoms with Crippen molar-refractivity contribution < 1.29 is 32.2 Å². The topological polar surface area (TPSA) is 110 Å². The number of aromatic nitrogens is 1. The van der Waals surface area contributed by atoms with Crippen molar-refractivity contribution in [3.05, 3.63) is 101 Å². The minimum atomic E-state index is -4.45. The minimum Gasteiger partial charge on any atom is -0.390 e. The van der Waals surface area contributed by atoms with Crippen molar-refractivity contribution in [2.45, 2.75) is 51.2 Å². The Bertz CT molecular complexity index is 1600. The van der Waals surface area contributed by atoms with E-state index in [0.29, 0.717) is 42.7 Å². The van der Waals surface area contributed by atoms with Crippen LogP contribution >= 0.6 is 10.8 Å². The molecular formula is C32H37F3N4O4S. The van der Waals surface area contributed by atoms with Gasteiger partial charge in [0.1, 0.15) is 0 Å². The summed E-state index contributed by atoms with van der Waals surface area (Å²) in [4.78, 5) is 13.8. The quantitative estimate of drug-likeness (QED) is 0.138.